The SMILES string of the molecule is Cc1ccc(C(C(NC(=S)c2ccccc2)c2ccccc2)N(c2ccccc2)c2ccccc2)cc1. The maximum Gasteiger partial charge on any atom is 0.107 e. The molecule has 5 rings (SSSR count). The van der Waals surface area contributed by atoms with Crippen molar-refractivity contribution in [3.63, 3.8) is 0 Å². The van der Waals surface area contributed by atoms with E-state index in [0.717, 1.165) is 21.9 Å². The van der Waals surface area contributed by atoms with Gasteiger partial charge in [-0.05, 0) is 42.3 Å². The van der Waals surface area contributed by atoms with Crippen LogP contribution in [-0.4, -0.2) is 4.99 Å². The van der Waals surface area contributed by atoms with Gasteiger partial charge in [-0.25, -0.2) is 0 Å². The molecule has 0 aromatic heterocycles. The Hall–Kier alpha value is -4.21. The van der Waals surface area contributed by atoms with E-state index in [-0.39, 0.29) is 12.1 Å². The van der Waals surface area contributed by atoms with Gasteiger partial charge in [0.05, 0.1) is 12.1 Å². The number of aryl methyl sites for hydroxylation is 1. The quantitative estimate of drug-likeness (QED) is 0.216. The molecule has 2 unspecified atom stereocenters. The summed E-state index contributed by atoms with van der Waals surface area (Å²) in [5, 5.41) is 3.77. The highest BCUT2D eigenvalue weighted by molar-refractivity contribution is 7.80. The lowest BCUT2D eigenvalue weighted by Gasteiger charge is -2.40. The van der Waals surface area contributed by atoms with Crippen LogP contribution < -0.4 is 10.2 Å². The number of anilines is 2. The molecular formula is C34H30N2S. The van der Waals surface area contributed by atoms with Gasteiger partial charge in [-0.1, -0.05) is 139 Å². The molecule has 0 bridgehead atoms. The predicted molar refractivity (Wildman–Crippen MR) is 159 cm³/mol. The molecule has 5 aromatic carbocycles. The van der Waals surface area contributed by atoms with Crippen molar-refractivity contribution in [3.8, 4) is 0 Å². The summed E-state index contributed by atoms with van der Waals surface area (Å²) in [5.74, 6) is 0. The lowest BCUT2D eigenvalue weighted by molar-refractivity contribution is 0.517. The van der Waals surface area contributed by atoms with E-state index in [9.17, 15) is 0 Å². The molecule has 182 valence electrons. The van der Waals surface area contributed by atoms with Gasteiger partial charge in [-0.2, -0.15) is 0 Å². The van der Waals surface area contributed by atoms with E-state index in [4.69, 9.17) is 12.2 Å². The Kier molecular flexibility index (Phi) is 7.73. The van der Waals surface area contributed by atoms with Crippen LogP contribution in [0.1, 0.15) is 34.3 Å². The van der Waals surface area contributed by atoms with Crippen molar-refractivity contribution in [2.75, 3.05) is 4.90 Å². The molecule has 0 aliphatic heterocycles. The fourth-order valence-electron chi connectivity index (χ4n) is 4.72. The lowest BCUT2D eigenvalue weighted by Crippen LogP contribution is -2.39. The fraction of sp³-hybridized carbons (Fsp3) is 0.0882. The van der Waals surface area contributed by atoms with Crippen LogP contribution >= 0.6 is 12.2 Å². The van der Waals surface area contributed by atoms with Crippen molar-refractivity contribution in [1.29, 1.82) is 0 Å². The Bertz CT molecular complexity index is 1360. The van der Waals surface area contributed by atoms with Gasteiger partial charge >= 0.3 is 0 Å². The molecule has 2 nitrogen and oxygen atoms in total. The highest BCUT2D eigenvalue weighted by atomic mass is 32.1. The molecule has 3 heteroatoms. The highest BCUT2D eigenvalue weighted by Crippen LogP contribution is 2.42. The molecule has 0 saturated heterocycles. The van der Waals surface area contributed by atoms with Gasteiger partial charge in [-0.15, -0.1) is 0 Å². The summed E-state index contributed by atoms with van der Waals surface area (Å²) in [6, 6.07) is 50.6. The Morgan fingerprint density at radius 1 is 0.568 bits per heavy atom. The van der Waals surface area contributed by atoms with E-state index in [1.807, 2.05) is 18.2 Å². The van der Waals surface area contributed by atoms with E-state index in [0.29, 0.717) is 0 Å². The van der Waals surface area contributed by atoms with E-state index in [1.165, 1.54) is 16.7 Å². The molecule has 0 aliphatic rings. The van der Waals surface area contributed by atoms with Crippen molar-refractivity contribution in [3.05, 3.63) is 168 Å². The normalized spacial score (nSPS) is 12.4. The minimum absolute atomic E-state index is 0.0885. The number of hydrogen-bond donors (Lipinski definition) is 1. The standard InChI is InChI=1S/C34H30N2S/c1-26-22-24-28(25-23-26)33(36(30-18-10-4-11-19-30)31-20-12-5-13-21-31)32(27-14-6-2-7-15-27)35-34(37)29-16-8-3-9-17-29/h2-25,32-33H,1H3,(H,35,37). The summed E-state index contributed by atoms with van der Waals surface area (Å²) in [7, 11) is 0. The molecule has 0 fully saturated rings. The fourth-order valence-corrected chi connectivity index (χ4v) is 4.98. The Morgan fingerprint density at radius 3 is 1.54 bits per heavy atom. The first-order valence-electron chi connectivity index (χ1n) is 12.6. The molecule has 0 spiro atoms. The van der Waals surface area contributed by atoms with Crippen LogP contribution in [0.25, 0.3) is 0 Å². The summed E-state index contributed by atoms with van der Waals surface area (Å²) in [4.78, 5) is 3.15. The van der Waals surface area contributed by atoms with Gasteiger partial charge in [0.25, 0.3) is 0 Å². The van der Waals surface area contributed by atoms with E-state index in [2.05, 4.69) is 145 Å². The molecule has 0 heterocycles. The van der Waals surface area contributed by atoms with Crippen molar-refractivity contribution in [2.45, 2.75) is 19.0 Å². The summed E-state index contributed by atoms with van der Waals surface area (Å²) in [6.45, 7) is 2.13. The van der Waals surface area contributed by atoms with Gasteiger partial charge in [-0.3, -0.25) is 0 Å². The van der Waals surface area contributed by atoms with Crippen LogP contribution in [0.2, 0.25) is 0 Å². The third-order valence-electron chi connectivity index (χ3n) is 6.56. The second-order valence-electron chi connectivity index (χ2n) is 9.12. The first-order valence-corrected chi connectivity index (χ1v) is 13.0. The zero-order valence-corrected chi connectivity index (χ0v) is 21.7. The van der Waals surface area contributed by atoms with Crippen molar-refractivity contribution in [2.24, 2.45) is 0 Å². The van der Waals surface area contributed by atoms with E-state index in [1.54, 1.807) is 0 Å². The molecule has 0 amide bonds. The van der Waals surface area contributed by atoms with Crippen LogP contribution in [0, 0.1) is 6.92 Å². The zero-order valence-electron chi connectivity index (χ0n) is 20.9. The Labute approximate surface area is 225 Å². The van der Waals surface area contributed by atoms with Gasteiger partial charge in [0.1, 0.15) is 4.99 Å². The largest absolute Gasteiger partial charge is 0.367 e. The first-order chi connectivity index (χ1) is 18.2. The van der Waals surface area contributed by atoms with Gasteiger partial charge in [0, 0.05) is 16.9 Å². The van der Waals surface area contributed by atoms with E-state index >= 15 is 0 Å². The van der Waals surface area contributed by atoms with Crippen molar-refractivity contribution >= 4 is 28.6 Å². The third kappa shape index (κ3) is 5.79. The van der Waals surface area contributed by atoms with Crippen LogP contribution in [0.5, 0.6) is 0 Å². The highest BCUT2D eigenvalue weighted by Gasteiger charge is 2.32. The lowest BCUT2D eigenvalue weighted by atomic mass is 9.90. The minimum atomic E-state index is -0.128. The number of hydrogen-bond acceptors (Lipinski definition) is 2. The maximum absolute atomic E-state index is 5.98. The summed E-state index contributed by atoms with van der Waals surface area (Å²) >= 11 is 5.98. The average molecular weight is 499 g/mol. The van der Waals surface area contributed by atoms with Crippen molar-refractivity contribution < 1.29 is 0 Å². The molecule has 37 heavy (non-hydrogen) atoms. The molecule has 1 N–H and O–H groups in total. The number of thiocarbonyl (C=S) groups is 1. The van der Waals surface area contributed by atoms with Gasteiger partial charge < -0.3 is 10.2 Å². The number of rotatable bonds is 8. The summed E-state index contributed by atoms with van der Waals surface area (Å²) < 4.78 is 0. The predicted octanol–water partition coefficient (Wildman–Crippen LogP) is 8.58. The monoisotopic (exact) mass is 498 g/mol. The van der Waals surface area contributed by atoms with Crippen LogP contribution in [-0.2, 0) is 0 Å². The molecule has 2 atom stereocenters. The second-order valence-corrected chi connectivity index (χ2v) is 9.53. The molecule has 0 saturated carbocycles. The smallest absolute Gasteiger partial charge is 0.107 e. The summed E-state index contributed by atoms with van der Waals surface area (Å²) in [6.07, 6.45) is 0. The average Bonchev–Trinajstić information content (AvgIpc) is 2.97. The summed E-state index contributed by atoms with van der Waals surface area (Å²) in [5.41, 5.74) is 6.85. The third-order valence-corrected chi connectivity index (χ3v) is 6.92. The first kappa shape index (κ1) is 24.5. The number of nitrogens with one attached hydrogen (secondary N) is 1. The van der Waals surface area contributed by atoms with Gasteiger partial charge in [0.2, 0.25) is 0 Å². The Morgan fingerprint density at radius 2 is 1.03 bits per heavy atom. The minimum Gasteiger partial charge on any atom is -0.367 e. The second kappa shape index (κ2) is 11.7. The zero-order chi connectivity index (χ0) is 25.5. The van der Waals surface area contributed by atoms with Gasteiger partial charge in [0.15, 0.2) is 0 Å². The topological polar surface area (TPSA) is 15.3 Å². The van der Waals surface area contributed by atoms with E-state index < -0.39 is 0 Å². The molecular weight excluding hydrogens is 468 g/mol. The molecule has 0 radical (unpaired) electrons. The molecule has 0 aliphatic carbocycles. The van der Waals surface area contributed by atoms with Crippen LogP contribution in [0.3, 0.4) is 0 Å². The maximum atomic E-state index is 5.98. The number of benzene rings is 5. The van der Waals surface area contributed by atoms with Crippen molar-refractivity contribution in [1.82, 2.24) is 5.32 Å². The number of nitrogens with zero attached hydrogens (tertiary/aromatic N) is 1. The van der Waals surface area contributed by atoms with Crippen LogP contribution in [0.4, 0.5) is 11.4 Å². The Balaban J connectivity index is 1.71. The molecule has 5 aromatic rings. The number of para-hydroxylation sites is 2. The van der Waals surface area contributed by atoms with Crippen LogP contribution in [0.15, 0.2) is 146 Å².